The lowest BCUT2D eigenvalue weighted by Gasteiger charge is -2.42. The summed E-state index contributed by atoms with van der Waals surface area (Å²) in [5, 5.41) is 0. The van der Waals surface area contributed by atoms with Crippen molar-refractivity contribution in [1.29, 1.82) is 0 Å². The molecule has 33 heavy (non-hydrogen) atoms. The molecule has 1 atom stereocenters. The molecule has 2 aromatic rings. The molecule has 6 nitrogen and oxygen atoms in total. The third-order valence-electron chi connectivity index (χ3n) is 7.11. The SMILES string of the molecule is CCCN1CCN(C(=O)C2CCC(OC)CC2)[C@H](Cc2ccc(-c3ccncc3)cc2)C1=O. The number of carbonyl (C=O) groups excluding carboxylic acids is 2. The van der Waals surface area contributed by atoms with Crippen LogP contribution < -0.4 is 0 Å². The van der Waals surface area contributed by atoms with Crippen molar-refractivity contribution in [2.45, 2.75) is 57.6 Å². The van der Waals surface area contributed by atoms with Crippen molar-refractivity contribution < 1.29 is 14.3 Å². The van der Waals surface area contributed by atoms with Gasteiger partial charge in [0.2, 0.25) is 11.8 Å². The zero-order chi connectivity index (χ0) is 23.2. The highest BCUT2D eigenvalue weighted by molar-refractivity contribution is 5.90. The van der Waals surface area contributed by atoms with Crippen molar-refractivity contribution in [1.82, 2.24) is 14.8 Å². The van der Waals surface area contributed by atoms with Crippen LogP contribution >= 0.6 is 0 Å². The van der Waals surface area contributed by atoms with E-state index in [0.717, 1.165) is 55.3 Å². The molecule has 2 fully saturated rings. The Hall–Kier alpha value is -2.73. The predicted molar refractivity (Wildman–Crippen MR) is 129 cm³/mol. The predicted octanol–water partition coefficient (Wildman–Crippen LogP) is 3.95. The number of ether oxygens (including phenoxy) is 1. The summed E-state index contributed by atoms with van der Waals surface area (Å²) < 4.78 is 5.48. The van der Waals surface area contributed by atoms with Gasteiger partial charge in [-0.3, -0.25) is 14.6 Å². The van der Waals surface area contributed by atoms with Crippen LogP contribution in [0, 0.1) is 5.92 Å². The second kappa shape index (κ2) is 10.9. The first-order valence-electron chi connectivity index (χ1n) is 12.2. The van der Waals surface area contributed by atoms with Crippen LogP contribution in [0.25, 0.3) is 11.1 Å². The summed E-state index contributed by atoms with van der Waals surface area (Å²) in [6.45, 7) is 4.08. The molecule has 1 saturated heterocycles. The van der Waals surface area contributed by atoms with Crippen LogP contribution in [0.2, 0.25) is 0 Å². The highest BCUT2D eigenvalue weighted by Gasteiger charge is 2.40. The van der Waals surface area contributed by atoms with E-state index in [1.54, 1.807) is 19.5 Å². The molecule has 6 heteroatoms. The summed E-state index contributed by atoms with van der Waals surface area (Å²) >= 11 is 0. The number of aromatic nitrogens is 1. The Balaban J connectivity index is 1.51. The number of rotatable bonds is 7. The zero-order valence-corrected chi connectivity index (χ0v) is 19.8. The molecule has 0 N–H and O–H groups in total. The Bertz CT molecular complexity index is 923. The van der Waals surface area contributed by atoms with Gasteiger partial charge in [-0.15, -0.1) is 0 Å². The monoisotopic (exact) mass is 449 g/mol. The summed E-state index contributed by atoms with van der Waals surface area (Å²) in [7, 11) is 1.74. The minimum absolute atomic E-state index is 0.00140. The standard InChI is InChI=1S/C27H35N3O3/c1-3-16-29-17-18-30(26(31)23-8-10-24(33-2)11-9-23)25(27(29)32)19-20-4-6-21(7-5-20)22-12-14-28-15-13-22/h4-7,12-15,23-25H,3,8-11,16-19H2,1-2H3/t23?,24?,25-/m1/s1. The van der Waals surface area contributed by atoms with Crippen molar-refractivity contribution >= 4 is 11.8 Å². The lowest BCUT2D eigenvalue weighted by Crippen LogP contribution is -2.60. The van der Waals surface area contributed by atoms with E-state index in [-0.39, 0.29) is 23.8 Å². The molecule has 2 heterocycles. The largest absolute Gasteiger partial charge is 0.381 e. The van der Waals surface area contributed by atoms with Crippen LogP contribution in [0.1, 0.15) is 44.6 Å². The number of nitrogens with zero attached hydrogens (tertiary/aromatic N) is 3. The highest BCUT2D eigenvalue weighted by atomic mass is 16.5. The summed E-state index contributed by atoms with van der Waals surface area (Å²) in [4.78, 5) is 34.8. The van der Waals surface area contributed by atoms with Gasteiger partial charge in [-0.1, -0.05) is 31.2 Å². The Kier molecular flexibility index (Phi) is 7.76. The maximum Gasteiger partial charge on any atom is 0.245 e. The molecule has 0 bridgehead atoms. The van der Waals surface area contributed by atoms with Crippen LogP contribution in [0.4, 0.5) is 0 Å². The van der Waals surface area contributed by atoms with Gasteiger partial charge in [-0.05, 0) is 60.9 Å². The summed E-state index contributed by atoms with van der Waals surface area (Å²) in [5.41, 5.74) is 3.31. The molecule has 1 aliphatic heterocycles. The fourth-order valence-electron chi connectivity index (χ4n) is 5.17. The van der Waals surface area contributed by atoms with Gasteiger partial charge >= 0.3 is 0 Å². The lowest BCUT2D eigenvalue weighted by atomic mass is 9.85. The van der Waals surface area contributed by atoms with E-state index < -0.39 is 6.04 Å². The second-order valence-electron chi connectivity index (χ2n) is 9.22. The van der Waals surface area contributed by atoms with Crippen molar-refractivity contribution in [3.63, 3.8) is 0 Å². The molecule has 1 aromatic heterocycles. The maximum atomic E-state index is 13.5. The van der Waals surface area contributed by atoms with E-state index >= 15 is 0 Å². The Morgan fingerprint density at radius 2 is 1.67 bits per heavy atom. The first-order valence-corrected chi connectivity index (χ1v) is 12.2. The van der Waals surface area contributed by atoms with Crippen molar-refractivity contribution in [3.8, 4) is 11.1 Å². The van der Waals surface area contributed by atoms with E-state index in [9.17, 15) is 9.59 Å². The molecule has 0 unspecified atom stereocenters. The number of carbonyl (C=O) groups is 2. The van der Waals surface area contributed by atoms with Crippen molar-refractivity contribution in [3.05, 3.63) is 54.4 Å². The molecule has 0 radical (unpaired) electrons. The molecule has 1 saturated carbocycles. The number of pyridine rings is 1. The molecule has 1 aromatic carbocycles. The molecule has 0 spiro atoms. The van der Waals surface area contributed by atoms with Gasteiger partial charge in [-0.25, -0.2) is 0 Å². The normalized spacial score (nSPS) is 23.6. The molecule has 2 amide bonds. The summed E-state index contributed by atoms with van der Waals surface area (Å²) in [6, 6.07) is 11.9. The fraction of sp³-hybridized carbons (Fsp3) is 0.519. The van der Waals surface area contributed by atoms with E-state index in [2.05, 4.69) is 36.2 Å². The molecule has 176 valence electrons. The Morgan fingerprint density at radius 3 is 2.30 bits per heavy atom. The average molecular weight is 450 g/mol. The Labute approximate surface area is 196 Å². The van der Waals surface area contributed by atoms with Gasteiger partial charge in [0, 0.05) is 51.5 Å². The van der Waals surface area contributed by atoms with Gasteiger partial charge in [0.25, 0.3) is 0 Å². The Morgan fingerprint density at radius 1 is 1.00 bits per heavy atom. The molecule has 2 aliphatic rings. The quantitative estimate of drug-likeness (QED) is 0.642. The van der Waals surface area contributed by atoms with E-state index in [4.69, 9.17) is 4.74 Å². The number of hydrogen-bond donors (Lipinski definition) is 0. The van der Waals surface area contributed by atoms with Crippen LogP contribution in [-0.2, 0) is 20.7 Å². The average Bonchev–Trinajstić information content (AvgIpc) is 2.87. The minimum Gasteiger partial charge on any atom is -0.381 e. The van der Waals surface area contributed by atoms with Gasteiger partial charge in [-0.2, -0.15) is 0 Å². The molecular weight excluding hydrogens is 414 g/mol. The minimum atomic E-state index is -0.426. The summed E-state index contributed by atoms with van der Waals surface area (Å²) in [5.74, 6) is 0.228. The van der Waals surface area contributed by atoms with Crippen LogP contribution in [0.15, 0.2) is 48.8 Å². The third-order valence-corrected chi connectivity index (χ3v) is 7.11. The number of methoxy groups -OCH3 is 1. The first kappa shape index (κ1) is 23.4. The van der Waals surface area contributed by atoms with Crippen molar-refractivity contribution in [2.24, 2.45) is 5.92 Å². The molecule has 4 rings (SSSR count). The van der Waals surface area contributed by atoms with E-state index in [0.29, 0.717) is 19.5 Å². The highest BCUT2D eigenvalue weighted by Crippen LogP contribution is 2.30. The van der Waals surface area contributed by atoms with Crippen molar-refractivity contribution in [2.75, 3.05) is 26.7 Å². The number of amides is 2. The topological polar surface area (TPSA) is 62.7 Å². The lowest BCUT2D eigenvalue weighted by molar-refractivity contribution is -0.154. The summed E-state index contributed by atoms with van der Waals surface area (Å²) in [6.07, 6.45) is 8.82. The molecular formula is C27H35N3O3. The van der Waals surface area contributed by atoms with Gasteiger partial charge < -0.3 is 14.5 Å². The number of benzene rings is 1. The molecule has 1 aliphatic carbocycles. The zero-order valence-electron chi connectivity index (χ0n) is 19.8. The first-order chi connectivity index (χ1) is 16.1. The van der Waals surface area contributed by atoms with Crippen LogP contribution in [0.3, 0.4) is 0 Å². The third kappa shape index (κ3) is 5.44. The van der Waals surface area contributed by atoms with Crippen LogP contribution in [0.5, 0.6) is 0 Å². The maximum absolute atomic E-state index is 13.5. The van der Waals surface area contributed by atoms with Gasteiger partial charge in [0.05, 0.1) is 6.10 Å². The van der Waals surface area contributed by atoms with Gasteiger partial charge in [0.1, 0.15) is 6.04 Å². The van der Waals surface area contributed by atoms with E-state index in [1.807, 2.05) is 21.9 Å². The van der Waals surface area contributed by atoms with Gasteiger partial charge in [0.15, 0.2) is 0 Å². The second-order valence-corrected chi connectivity index (χ2v) is 9.22. The fourth-order valence-corrected chi connectivity index (χ4v) is 5.17. The van der Waals surface area contributed by atoms with Crippen LogP contribution in [-0.4, -0.2) is 65.5 Å². The number of piperazine rings is 1. The smallest absolute Gasteiger partial charge is 0.245 e. The number of hydrogen-bond acceptors (Lipinski definition) is 4. The van der Waals surface area contributed by atoms with E-state index in [1.165, 1.54) is 0 Å².